The molecular weight excluding hydrogens is 186 g/mol. The number of aliphatic carboxylic acids is 1. The number of amides is 1. The van der Waals surface area contributed by atoms with Crippen molar-refractivity contribution in [3.63, 3.8) is 0 Å². The van der Waals surface area contributed by atoms with Crippen molar-refractivity contribution in [3.8, 4) is 0 Å². The molecular formula is C9H17NO4. The van der Waals surface area contributed by atoms with Crippen molar-refractivity contribution in [2.45, 2.75) is 26.2 Å². The maximum absolute atomic E-state index is 11.3. The molecule has 1 amide bonds. The van der Waals surface area contributed by atoms with Crippen LogP contribution in [0.25, 0.3) is 0 Å². The zero-order valence-corrected chi connectivity index (χ0v) is 8.40. The third-order valence-corrected chi connectivity index (χ3v) is 1.84. The van der Waals surface area contributed by atoms with Crippen LogP contribution in [0, 0.1) is 0 Å². The van der Waals surface area contributed by atoms with Crippen LogP contribution in [0.5, 0.6) is 0 Å². The Hall–Kier alpha value is -1.10. The maximum Gasteiger partial charge on any atom is 0.305 e. The van der Waals surface area contributed by atoms with Gasteiger partial charge in [0, 0.05) is 26.1 Å². The van der Waals surface area contributed by atoms with Gasteiger partial charge in [-0.3, -0.25) is 9.59 Å². The second-order valence-corrected chi connectivity index (χ2v) is 2.96. The summed E-state index contributed by atoms with van der Waals surface area (Å²) in [6.07, 6.45) is 0.813. The van der Waals surface area contributed by atoms with Gasteiger partial charge in [-0.2, -0.15) is 0 Å². The number of carboxylic acids is 1. The Bertz CT molecular complexity index is 193. The molecule has 0 aliphatic carbocycles. The Kier molecular flexibility index (Phi) is 6.74. The van der Waals surface area contributed by atoms with Crippen LogP contribution in [-0.2, 0) is 9.59 Å². The minimum Gasteiger partial charge on any atom is -0.481 e. The Morgan fingerprint density at radius 1 is 1.29 bits per heavy atom. The largest absolute Gasteiger partial charge is 0.481 e. The van der Waals surface area contributed by atoms with E-state index in [1.54, 1.807) is 6.92 Å². The number of aliphatic hydroxyl groups is 1. The van der Waals surface area contributed by atoms with Crippen LogP contribution in [0.15, 0.2) is 0 Å². The predicted molar refractivity (Wildman–Crippen MR) is 50.8 cm³/mol. The van der Waals surface area contributed by atoms with Crippen molar-refractivity contribution in [3.05, 3.63) is 0 Å². The lowest BCUT2D eigenvalue weighted by atomic mass is 10.3. The quantitative estimate of drug-likeness (QED) is 0.614. The van der Waals surface area contributed by atoms with E-state index in [1.807, 2.05) is 0 Å². The Balaban J connectivity index is 3.96. The van der Waals surface area contributed by atoms with Gasteiger partial charge in [-0.25, -0.2) is 0 Å². The van der Waals surface area contributed by atoms with E-state index in [2.05, 4.69) is 0 Å². The molecule has 0 atom stereocenters. The lowest BCUT2D eigenvalue weighted by Crippen LogP contribution is -2.33. The van der Waals surface area contributed by atoms with Gasteiger partial charge < -0.3 is 15.1 Å². The minimum atomic E-state index is -0.914. The maximum atomic E-state index is 11.3. The Morgan fingerprint density at radius 2 is 1.93 bits per heavy atom. The summed E-state index contributed by atoms with van der Waals surface area (Å²) in [7, 11) is 0. The highest BCUT2D eigenvalue weighted by Gasteiger charge is 2.11. The fourth-order valence-electron chi connectivity index (χ4n) is 1.08. The molecule has 0 unspecified atom stereocenters. The summed E-state index contributed by atoms with van der Waals surface area (Å²) >= 11 is 0. The topological polar surface area (TPSA) is 77.8 Å². The molecule has 0 aromatic carbocycles. The Morgan fingerprint density at radius 3 is 2.36 bits per heavy atom. The highest BCUT2D eigenvalue weighted by atomic mass is 16.4. The summed E-state index contributed by atoms with van der Waals surface area (Å²) in [4.78, 5) is 23.1. The minimum absolute atomic E-state index is 0.0145. The molecule has 0 aliphatic heterocycles. The predicted octanol–water partition coefficient (Wildman–Crippen LogP) is 0.0821. The summed E-state index contributed by atoms with van der Waals surface area (Å²) in [6.45, 7) is 2.40. The second kappa shape index (κ2) is 7.32. The van der Waals surface area contributed by atoms with Crippen molar-refractivity contribution < 1.29 is 19.8 Å². The van der Waals surface area contributed by atoms with Crippen molar-refractivity contribution >= 4 is 11.9 Å². The van der Waals surface area contributed by atoms with Crippen LogP contribution >= 0.6 is 0 Å². The van der Waals surface area contributed by atoms with Crippen molar-refractivity contribution in [1.82, 2.24) is 4.90 Å². The van der Waals surface area contributed by atoms with Gasteiger partial charge in [0.15, 0.2) is 0 Å². The molecule has 0 spiro atoms. The van der Waals surface area contributed by atoms with Crippen molar-refractivity contribution in [1.29, 1.82) is 0 Å². The van der Waals surface area contributed by atoms with E-state index in [1.165, 1.54) is 4.90 Å². The average molecular weight is 203 g/mol. The third kappa shape index (κ3) is 5.53. The first kappa shape index (κ1) is 12.9. The van der Waals surface area contributed by atoms with Crippen LogP contribution in [-0.4, -0.2) is 46.7 Å². The first-order valence-electron chi connectivity index (χ1n) is 4.72. The molecule has 0 aromatic heterocycles. The zero-order chi connectivity index (χ0) is 11.0. The van der Waals surface area contributed by atoms with Gasteiger partial charge in [-0.1, -0.05) is 6.92 Å². The number of hydrogen-bond acceptors (Lipinski definition) is 3. The van der Waals surface area contributed by atoms with E-state index in [0.29, 0.717) is 19.4 Å². The van der Waals surface area contributed by atoms with Crippen LogP contribution in [0.2, 0.25) is 0 Å². The molecule has 0 aliphatic rings. The van der Waals surface area contributed by atoms with E-state index < -0.39 is 5.97 Å². The van der Waals surface area contributed by atoms with Crippen molar-refractivity contribution in [2.75, 3.05) is 19.7 Å². The molecule has 0 rings (SSSR count). The van der Waals surface area contributed by atoms with Crippen LogP contribution in [0.3, 0.4) is 0 Å². The number of carboxylic acid groups (broad SMARTS) is 1. The number of rotatable bonds is 7. The molecule has 0 aromatic rings. The van der Waals surface area contributed by atoms with Gasteiger partial charge in [0.1, 0.15) is 0 Å². The molecule has 0 bridgehead atoms. The normalized spacial score (nSPS) is 9.86. The van der Waals surface area contributed by atoms with Crippen LogP contribution in [0.1, 0.15) is 26.2 Å². The lowest BCUT2D eigenvalue weighted by Gasteiger charge is -2.20. The molecule has 0 saturated carbocycles. The standard InChI is InChI=1S/C9H17NO4/c1-2-8(12)10(5-3-7-11)6-4-9(13)14/h11H,2-7H2,1H3,(H,13,14). The van der Waals surface area contributed by atoms with Gasteiger partial charge in [0.25, 0.3) is 0 Å². The first-order valence-corrected chi connectivity index (χ1v) is 4.72. The summed E-state index contributed by atoms with van der Waals surface area (Å²) in [5.74, 6) is -0.984. The molecule has 2 N–H and O–H groups in total. The highest BCUT2D eigenvalue weighted by Crippen LogP contribution is 1.98. The van der Waals surface area contributed by atoms with Crippen molar-refractivity contribution in [2.24, 2.45) is 0 Å². The number of carbonyl (C=O) groups is 2. The van der Waals surface area contributed by atoms with E-state index in [9.17, 15) is 9.59 Å². The van der Waals surface area contributed by atoms with Gasteiger partial charge in [0.2, 0.25) is 5.91 Å². The lowest BCUT2D eigenvalue weighted by molar-refractivity contribution is -0.138. The highest BCUT2D eigenvalue weighted by molar-refractivity contribution is 5.76. The summed E-state index contributed by atoms with van der Waals surface area (Å²) in [6, 6.07) is 0. The van der Waals surface area contributed by atoms with Crippen LogP contribution in [0.4, 0.5) is 0 Å². The molecule has 0 saturated heterocycles. The number of nitrogens with zero attached hydrogens (tertiary/aromatic N) is 1. The molecule has 5 heteroatoms. The molecule has 14 heavy (non-hydrogen) atoms. The SMILES string of the molecule is CCC(=O)N(CCCO)CCC(=O)O. The van der Waals surface area contributed by atoms with Gasteiger partial charge in [0.05, 0.1) is 6.42 Å². The fourth-order valence-corrected chi connectivity index (χ4v) is 1.08. The fraction of sp³-hybridized carbons (Fsp3) is 0.778. The molecule has 0 radical (unpaired) electrons. The summed E-state index contributed by atoms with van der Waals surface area (Å²) in [5, 5.41) is 17.0. The molecule has 0 fully saturated rings. The van der Waals surface area contributed by atoms with E-state index >= 15 is 0 Å². The smallest absolute Gasteiger partial charge is 0.305 e. The average Bonchev–Trinajstić information content (AvgIpc) is 2.16. The monoisotopic (exact) mass is 203 g/mol. The summed E-state index contributed by atoms with van der Waals surface area (Å²) < 4.78 is 0. The number of aliphatic hydroxyl groups excluding tert-OH is 1. The number of carbonyl (C=O) groups excluding carboxylic acids is 1. The third-order valence-electron chi connectivity index (χ3n) is 1.84. The zero-order valence-electron chi connectivity index (χ0n) is 8.40. The molecule has 0 heterocycles. The second-order valence-electron chi connectivity index (χ2n) is 2.96. The Labute approximate surface area is 83.3 Å². The van der Waals surface area contributed by atoms with E-state index in [0.717, 1.165) is 0 Å². The summed E-state index contributed by atoms with van der Waals surface area (Å²) in [5.41, 5.74) is 0. The molecule has 5 nitrogen and oxygen atoms in total. The molecule has 82 valence electrons. The van der Waals surface area contributed by atoms with Gasteiger partial charge >= 0.3 is 5.97 Å². The van der Waals surface area contributed by atoms with E-state index in [4.69, 9.17) is 10.2 Å². The van der Waals surface area contributed by atoms with Gasteiger partial charge in [-0.05, 0) is 6.42 Å². The van der Waals surface area contributed by atoms with Gasteiger partial charge in [-0.15, -0.1) is 0 Å². The number of hydrogen-bond donors (Lipinski definition) is 2. The van der Waals surface area contributed by atoms with E-state index in [-0.39, 0.29) is 25.5 Å². The van der Waals surface area contributed by atoms with Crippen LogP contribution < -0.4 is 0 Å². The first-order chi connectivity index (χ1) is 6.61.